The van der Waals surface area contributed by atoms with Crippen LogP contribution in [0.1, 0.15) is 0 Å². The number of nitrogens with zero attached hydrogens (tertiary/aromatic N) is 2. The quantitative estimate of drug-likeness (QED) is 0.756. The van der Waals surface area contributed by atoms with Crippen molar-refractivity contribution in [3.63, 3.8) is 0 Å². The van der Waals surface area contributed by atoms with Gasteiger partial charge in [-0.3, -0.25) is 0 Å². The van der Waals surface area contributed by atoms with Crippen molar-refractivity contribution < 1.29 is 26.3 Å². The van der Waals surface area contributed by atoms with Gasteiger partial charge < -0.3 is 9.64 Å². The molecule has 1 saturated heterocycles. The molecule has 146 valence electrons. The molecule has 0 aromatic heterocycles. The number of anilines is 1. The van der Waals surface area contributed by atoms with E-state index in [0.717, 1.165) is 22.1 Å². The first-order valence-electron chi connectivity index (χ1n) is 8.03. The number of piperazine rings is 1. The van der Waals surface area contributed by atoms with E-state index in [0.29, 0.717) is 18.1 Å². The molecule has 10 heteroatoms. The second-order valence-electron chi connectivity index (χ2n) is 5.84. The van der Waals surface area contributed by atoms with Crippen LogP contribution in [0.4, 0.5) is 18.9 Å². The monoisotopic (exact) mass is 420 g/mol. The molecule has 2 aromatic carbocycles. The number of rotatable bonds is 4. The van der Waals surface area contributed by atoms with Crippen molar-refractivity contribution >= 4 is 27.3 Å². The number of hydrogen-bond donors (Lipinski definition) is 0. The Morgan fingerprint density at radius 2 is 1.52 bits per heavy atom. The molecule has 0 aliphatic carbocycles. The van der Waals surface area contributed by atoms with Gasteiger partial charge in [-0.15, -0.1) is 13.2 Å². The maximum absolute atomic E-state index is 12.8. The van der Waals surface area contributed by atoms with Gasteiger partial charge in [-0.2, -0.15) is 4.31 Å². The van der Waals surface area contributed by atoms with Crippen molar-refractivity contribution in [2.24, 2.45) is 0 Å². The van der Waals surface area contributed by atoms with Crippen LogP contribution in [0, 0.1) is 0 Å². The summed E-state index contributed by atoms with van der Waals surface area (Å²) in [5.74, 6) is -0.737. The minimum atomic E-state index is -4.98. The SMILES string of the molecule is O=S(=O)(c1ccccc1OC(F)(F)F)N1CCN(c2ccccc2Cl)CC1. The number of alkyl halides is 3. The predicted octanol–water partition coefficient (Wildman–Crippen LogP) is 3.75. The lowest BCUT2D eigenvalue weighted by molar-refractivity contribution is -0.275. The summed E-state index contributed by atoms with van der Waals surface area (Å²) in [7, 11) is -4.13. The zero-order valence-electron chi connectivity index (χ0n) is 14.0. The van der Waals surface area contributed by atoms with Gasteiger partial charge >= 0.3 is 6.36 Å². The van der Waals surface area contributed by atoms with Gasteiger partial charge in [-0.1, -0.05) is 35.9 Å². The third kappa shape index (κ3) is 4.48. The van der Waals surface area contributed by atoms with Gasteiger partial charge in [0.15, 0.2) is 0 Å². The molecule has 1 aliphatic rings. The summed E-state index contributed by atoms with van der Waals surface area (Å²) in [6, 6.07) is 11.9. The maximum Gasteiger partial charge on any atom is 0.573 e. The Bertz CT molecular complexity index is 914. The molecular formula is C17H16ClF3N2O3S. The lowest BCUT2D eigenvalue weighted by atomic mass is 10.2. The van der Waals surface area contributed by atoms with Crippen LogP contribution >= 0.6 is 11.6 Å². The molecule has 0 atom stereocenters. The second-order valence-corrected chi connectivity index (χ2v) is 8.15. The summed E-state index contributed by atoms with van der Waals surface area (Å²) in [5.41, 5.74) is 0.789. The van der Waals surface area contributed by atoms with Crippen LogP contribution in [0.2, 0.25) is 5.02 Å². The van der Waals surface area contributed by atoms with Gasteiger partial charge in [0.1, 0.15) is 10.6 Å². The fraction of sp³-hybridized carbons (Fsp3) is 0.294. The topological polar surface area (TPSA) is 49.9 Å². The largest absolute Gasteiger partial charge is 0.573 e. The van der Waals surface area contributed by atoms with Crippen molar-refractivity contribution in [3.05, 3.63) is 53.6 Å². The fourth-order valence-corrected chi connectivity index (χ4v) is 4.68. The first kappa shape index (κ1) is 19.8. The molecule has 0 amide bonds. The molecule has 0 unspecified atom stereocenters. The van der Waals surface area contributed by atoms with Gasteiger partial charge in [0.2, 0.25) is 10.0 Å². The number of hydrogen-bond acceptors (Lipinski definition) is 4. The highest BCUT2D eigenvalue weighted by molar-refractivity contribution is 7.89. The van der Waals surface area contributed by atoms with Crippen LogP contribution < -0.4 is 9.64 Å². The van der Waals surface area contributed by atoms with Crippen LogP contribution in [0.5, 0.6) is 5.75 Å². The van der Waals surface area contributed by atoms with E-state index in [-0.39, 0.29) is 13.1 Å². The highest BCUT2D eigenvalue weighted by atomic mass is 35.5. The molecule has 5 nitrogen and oxygen atoms in total. The molecule has 0 N–H and O–H groups in total. The average molecular weight is 421 g/mol. The van der Waals surface area contributed by atoms with E-state index in [4.69, 9.17) is 11.6 Å². The van der Waals surface area contributed by atoms with E-state index >= 15 is 0 Å². The van der Waals surface area contributed by atoms with Crippen LogP contribution in [0.25, 0.3) is 0 Å². The smallest absolute Gasteiger partial charge is 0.404 e. The lowest BCUT2D eigenvalue weighted by Crippen LogP contribution is -2.48. The zero-order chi connectivity index (χ0) is 19.7. The molecule has 3 rings (SSSR count). The molecule has 1 heterocycles. The average Bonchev–Trinajstić information content (AvgIpc) is 2.61. The molecular weight excluding hydrogens is 405 g/mol. The van der Waals surface area contributed by atoms with Crippen molar-refractivity contribution in [3.8, 4) is 5.75 Å². The van der Waals surface area contributed by atoms with Crippen LogP contribution in [-0.2, 0) is 10.0 Å². The molecule has 0 saturated carbocycles. The zero-order valence-corrected chi connectivity index (χ0v) is 15.6. The van der Waals surface area contributed by atoms with Gasteiger partial charge in [0.25, 0.3) is 0 Å². The van der Waals surface area contributed by atoms with Gasteiger partial charge in [-0.05, 0) is 24.3 Å². The Labute approximate surface area is 160 Å². The number of para-hydroxylation sites is 2. The Hall–Kier alpha value is -1.97. The van der Waals surface area contributed by atoms with Crippen molar-refractivity contribution in [2.45, 2.75) is 11.3 Å². The van der Waals surface area contributed by atoms with Crippen LogP contribution in [-0.4, -0.2) is 45.3 Å². The third-order valence-electron chi connectivity index (χ3n) is 4.12. The number of halogens is 4. The van der Waals surface area contributed by atoms with E-state index in [1.807, 2.05) is 17.0 Å². The summed E-state index contributed by atoms with van der Waals surface area (Å²) in [5, 5.41) is 0.553. The number of sulfonamides is 1. The standard InChI is InChI=1S/C17H16ClF3N2O3S/c18-13-5-1-2-6-14(13)22-9-11-23(12-10-22)27(24,25)16-8-4-3-7-15(16)26-17(19,20)21/h1-8H,9-12H2. The molecule has 0 radical (unpaired) electrons. The Kier molecular flexibility index (Phi) is 5.55. The van der Waals surface area contributed by atoms with E-state index in [1.54, 1.807) is 12.1 Å². The van der Waals surface area contributed by atoms with Gasteiger partial charge in [0.05, 0.1) is 10.7 Å². The summed E-state index contributed by atoms with van der Waals surface area (Å²) in [6.07, 6.45) is -4.98. The lowest BCUT2D eigenvalue weighted by Gasteiger charge is -2.35. The molecule has 27 heavy (non-hydrogen) atoms. The van der Waals surface area contributed by atoms with E-state index in [9.17, 15) is 21.6 Å². The summed E-state index contributed by atoms with van der Waals surface area (Å²) < 4.78 is 68.4. The first-order chi connectivity index (χ1) is 12.7. The molecule has 0 spiro atoms. The first-order valence-corrected chi connectivity index (χ1v) is 9.85. The summed E-state index contributed by atoms with van der Waals surface area (Å²) in [6.45, 7) is 0.971. The Morgan fingerprint density at radius 3 is 2.15 bits per heavy atom. The summed E-state index contributed by atoms with van der Waals surface area (Å²) >= 11 is 6.17. The highest BCUT2D eigenvalue weighted by Crippen LogP contribution is 2.32. The Morgan fingerprint density at radius 1 is 0.926 bits per heavy atom. The molecule has 1 fully saturated rings. The number of benzene rings is 2. The normalized spacial score (nSPS) is 16.4. The molecule has 1 aliphatic heterocycles. The van der Waals surface area contributed by atoms with Crippen molar-refractivity contribution in [1.82, 2.24) is 4.31 Å². The van der Waals surface area contributed by atoms with Crippen molar-refractivity contribution in [1.29, 1.82) is 0 Å². The van der Waals surface area contributed by atoms with E-state index in [2.05, 4.69) is 4.74 Å². The number of ether oxygens (including phenoxy) is 1. The minimum Gasteiger partial charge on any atom is -0.404 e. The van der Waals surface area contributed by atoms with Gasteiger partial charge in [0, 0.05) is 26.2 Å². The van der Waals surface area contributed by atoms with E-state index in [1.165, 1.54) is 12.1 Å². The molecule has 0 bridgehead atoms. The predicted molar refractivity (Wildman–Crippen MR) is 95.5 cm³/mol. The van der Waals surface area contributed by atoms with Gasteiger partial charge in [-0.25, -0.2) is 8.42 Å². The molecule has 2 aromatic rings. The van der Waals surface area contributed by atoms with Crippen molar-refractivity contribution in [2.75, 3.05) is 31.1 Å². The van der Waals surface area contributed by atoms with Crippen LogP contribution in [0.15, 0.2) is 53.4 Å². The maximum atomic E-state index is 12.8. The third-order valence-corrected chi connectivity index (χ3v) is 6.38. The van der Waals surface area contributed by atoms with Crippen LogP contribution in [0.3, 0.4) is 0 Å². The fourth-order valence-electron chi connectivity index (χ4n) is 2.89. The Balaban J connectivity index is 1.79. The highest BCUT2D eigenvalue weighted by Gasteiger charge is 2.36. The minimum absolute atomic E-state index is 0.119. The van der Waals surface area contributed by atoms with E-state index < -0.39 is 27.0 Å². The second kappa shape index (κ2) is 7.57. The summed E-state index contributed by atoms with van der Waals surface area (Å²) in [4.78, 5) is 1.43.